The number of nitrogens with one attached hydrogen (secondary N) is 1. The van der Waals surface area contributed by atoms with Crippen LogP contribution in [0.15, 0.2) is 30.4 Å². The molecule has 1 amide bonds. The summed E-state index contributed by atoms with van der Waals surface area (Å²) in [7, 11) is 0. The van der Waals surface area contributed by atoms with Gasteiger partial charge in [0.05, 0.1) is 12.1 Å². The lowest BCUT2D eigenvalue weighted by atomic mass is 9.86. The average Bonchev–Trinajstić information content (AvgIpc) is 3.22. The van der Waals surface area contributed by atoms with Gasteiger partial charge in [-0.1, -0.05) is 12.2 Å². The Bertz CT molecular complexity index is 704. The molecule has 1 aromatic rings. The molecule has 2 heterocycles. The zero-order chi connectivity index (χ0) is 14.8. The zero-order valence-corrected chi connectivity index (χ0v) is 12.3. The van der Waals surface area contributed by atoms with E-state index in [9.17, 15) is 9.59 Å². The molecule has 4 atom stereocenters. The molecule has 0 spiro atoms. The fourth-order valence-corrected chi connectivity index (χ4v) is 4.87. The molecule has 0 aromatic heterocycles. The van der Waals surface area contributed by atoms with Gasteiger partial charge in [-0.2, -0.15) is 0 Å². The van der Waals surface area contributed by atoms with Crippen LogP contribution in [0.3, 0.4) is 0 Å². The van der Waals surface area contributed by atoms with Gasteiger partial charge in [-0.15, -0.1) is 0 Å². The maximum Gasteiger partial charge on any atom is 0.252 e. The first-order valence-corrected chi connectivity index (χ1v) is 8.09. The van der Waals surface area contributed by atoms with E-state index >= 15 is 0 Å². The van der Waals surface area contributed by atoms with Crippen LogP contribution in [0.4, 0.5) is 5.69 Å². The summed E-state index contributed by atoms with van der Waals surface area (Å²) in [5.41, 5.74) is 2.18. The molecule has 2 fully saturated rings. The Kier molecular flexibility index (Phi) is 2.38. The Hall–Kier alpha value is -2.10. The summed E-state index contributed by atoms with van der Waals surface area (Å²) in [5, 5.41) is 2.65. The predicted molar refractivity (Wildman–Crippen MR) is 83.0 cm³/mol. The van der Waals surface area contributed by atoms with E-state index in [1.807, 2.05) is 18.2 Å². The number of Topliss-reactive ketones (excluding diaryl/α,β-unsaturated/α-hetero) is 1. The summed E-state index contributed by atoms with van der Waals surface area (Å²) < 4.78 is 0. The monoisotopic (exact) mass is 294 g/mol. The van der Waals surface area contributed by atoms with Crippen LogP contribution in [0.1, 0.15) is 27.1 Å². The molecule has 2 aliphatic heterocycles. The van der Waals surface area contributed by atoms with Crippen molar-refractivity contribution >= 4 is 17.4 Å². The smallest absolute Gasteiger partial charge is 0.252 e. The average molecular weight is 294 g/mol. The van der Waals surface area contributed by atoms with Crippen molar-refractivity contribution in [2.45, 2.75) is 6.42 Å². The molecule has 1 N–H and O–H groups in total. The molecule has 2 aliphatic carbocycles. The SMILES string of the molecule is O=C1CNC(=O)c2cc(N3CC4C5C=CC(C5)C4C3)ccc21. The number of hydrogen-bond acceptors (Lipinski definition) is 3. The number of allylic oxidation sites excluding steroid dienone is 2. The van der Waals surface area contributed by atoms with Gasteiger partial charge in [0.25, 0.3) is 5.91 Å². The minimum atomic E-state index is -0.127. The highest BCUT2D eigenvalue weighted by molar-refractivity contribution is 6.14. The van der Waals surface area contributed by atoms with Gasteiger partial charge >= 0.3 is 0 Å². The number of benzene rings is 1. The normalized spacial score (nSPS) is 34.8. The molecule has 4 unspecified atom stereocenters. The van der Waals surface area contributed by atoms with Crippen molar-refractivity contribution in [3.05, 3.63) is 41.5 Å². The Morgan fingerprint density at radius 1 is 1.00 bits per heavy atom. The Balaban J connectivity index is 1.47. The van der Waals surface area contributed by atoms with Crippen molar-refractivity contribution in [3.63, 3.8) is 0 Å². The van der Waals surface area contributed by atoms with Crippen LogP contribution in [0.25, 0.3) is 0 Å². The lowest BCUT2D eigenvalue weighted by Gasteiger charge is -2.23. The van der Waals surface area contributed by atoms with Crippen LogP contribution in [0, 0.1) is 23.7 Å². The first-order valence-electron chi connectivity index (χ1n) is 8.09. The van der Waals surface area contributed by atoms with Gasteiger partial charge in [0, 0.05) is 24.3 Å². The lowest BCUT2D eigenvalue weighted by molar-refractivity contribution is 0.0877. The largest absolute Gasteiger partial charge is 0.371 e. The summed E-state index contributed by atoms with van der Waals surface area (Å²) in [4.78, 5) is 26.3. The topological polar surface area (TPSA) is 49.4 Å². The second kappa shape index (κ2) is 4.22. The number of anilines is 1. The van der Waals surface area contributed by atoms with Crippen LogP contribution in [-0.2, 0) is 0 Å². The summed E-state index contributed by atoms with van der Waals surface area (Å²) in [6.07, 6.45) is 6.13. The van der Waals surface area contributed by atoms with Crippen molar-refractivity contribution in [2.75, 3.05) is 24.5 Å². The molecule has 5 rings (SSSR count). The summed E-state index contributed by atoms with van der Waals surface area (Å²) in [6, 6.07) is 5.73. The van der Waals surface area contributed by atoms with Gasteiger partial charge in [-0.25, -0.2) is 0 Å². The Morgan fingerprint density at radius 3 is 2.45 bits per heavy atom. The van der Waals surface area contributed by atoms with Gasteiger partial charge in [0.1, 0.15) is 0 Å². The van der Waals surface area contributed by atoms with Gasteiger partial charge < -0.3 is 10.2 Å². The molecular weight excluding hydrogens is 276 g/mol. The third kappa shape index (κ3) is 1.58. The van der Waals surface area contributed by atoms with E-state index in [2.05, 4.69) is 22.4 Å². The van der Waals surface area contributed by atoms with Crippen LogP contribution in [0.5, 0.6) is 0 Å². The van der Waals surface area contributed by atoms with Crippen molar-refractivity contribution in [1.29, 1.82) is 0 Å². The molecule has 4 nitrogen and oxygen atoms in total. The zero-order valence-electron chi connectivity index (χ0n) is 12.3. The van der Waals surface area contributed by atoms with E-state index in [1.165, 1.54) is 6.42 Å². The number of carbonyl (C=O) groups excluding carboxylic acids is 2. The first kappa shape index (κ1) is 12.4. The molecule has 2 bridgehead atoms. The molecule has 4 aliphatic rings. The molecular formula is C18H18N2O2. The predicted octanol–water partition coefficient (Wildman–Crippen LogP) is 1.87. The standard InChI is InChI=1S/C18H18N2O2/c21-17-7-19-18(22)14-6-12(3-4-13(14)17)20-8-15-10-1-2-11(5-10)16(15)9-20/h1-4,6,10-11,15-16H,5,7-9H2,(H,19,22). The number of nitrogens with zero attached hydrogens (tertiary/aromatic N) is 1. The number of amides is 1. The number of hydrogen-bond donors (Lipinski definition) is 1. The second-order valence-electron chi connectivity index (χ2n) is 7.02. The third-order valence-corrected chi connectivity index (χ3v) is 5.98. The van der Waals surface area contributed by atoms with E-state index in [4.69, 9.17) is 0 Å². The van der Waals surface area contributed by atoms with Crippen molar-refractivity contribution in [1.82, 2.24) is 5.32 Å². The van der Waals surface area contributed by atoms with Gasteiger partial charge in [-0.3, -0.25) is 9.59 Å². The van der Waals surface area contributed by atoms with Crippen LogP contribution in [-0.4, -0.2) is 31.3 Å². The fourth-order valence-electron chi connectivity index (χ4n) is 4.87. The number of rotatable bonds is 1. The van der Waals surface area contributed by atoms with E-state index < -0.39 is 0 Å². The molecule has 0 radical (unpaired) electrons. The van der Waals surface area contributed by atoms with Crippen LogP contribution >= 0.6 is 0 Å². The van der Waals surface area contributed by atoms with E-state index in [0.29, 0.717) is 11.1 Å². The van der Waals surface area contributed by atoms with Gasteiger partial charge in [0.15, 0.2) is 5.78 Å². The summed E-state index contributed by atoms with van der Waals surface area (Å²) in [6.45, 7) is 2.27. The lowest BCUT2D eigenvalue weighted by Crippen LogP contribution is -2.36. The van der Waals surface area contributed by atoms with Gasteiger partial charge in [0.2, 0.25) is 0 Å². The van der Waals surface area contributed by atoms with E-state index in [0.717, 1.165) is 42.4 Å². The van der Waals surface area contributed by atoms with Crippen molar-refractivity contribution in [2.24, 2.45) is 23.7 Å². The number of fused-ring (bicyclic) bond motifs is 6. The van der Waals surface area contributed by atoms with Gasteiger partial charge in [-0.05, 0) is 48.3 Å². The Morgan fingerprint density at radius 2 is 1.73 bits per heavy atom. The molecule has 112 valence electrons. The molecule has 22 heavy (non-hydrogen) atoms. The maximum absolute atomic E-state index is 12.0. The van der Waals surface area contributed by atoms with E-state index in [1.54, 1.807) is 0 Å². The molecule has 1 saturated heterocycles. The van der Waals surface area contributed by atoms with Crippen LogP contribution in [0.2, 0.25) is 0 Å². The van der Waals surface area contributed by atoms with E-state index in [-0.39, 0.29) is 18.2 Å². The van der Waals surface area contributed by atoms with Crippen molar-refractivity contribution < 1.29 is 9.59 Å². The van der Waals surface area contributed by atoms with Crippen molar-refractivity contribution in [3.8, 4) is 0 Å². The minimum absolute atomic E-state index is 0.00156. The highest BCUT2D eigenvalue weighted by Gasteiger charge is 2.49. The molecule has 1 saturated carbocycles. The second-order valence-corrected chi connectivity index (χ2v) is 7.02. The first-order chi connectivity index (χ1) is 10.7. The minimum Gasteiger partial charge on any atom is -0.371 e. The quantitative estimate of drug-likeness (QED) is 0.805. The third-order valence-electron chi connectivity index (χ3n) is 5.98. The number of carbonyl (C=O) groups is 2. The number of ketones is 1. The highest BCUT2D eigenvalue weighted by Crippen LogP contribution is 2.52. The highest BCUT2D eigenvalue weighted by atomic mass is 16.2. The Labute approximate surface area is 129 Å². The maximum atomic E-state index is 12.0. The molecule has 4 heteroatoms. The molecule has 1 aromatic carbocycles. The fraction of sp³-hybridized carbons (Fsp3) is 0.444. The van der Waals surface area contributed by atoms with Crippen LogP contribution < -0.4 is 10.2 Å². The summed E-state index contributed by atoms with van der Waals surface area (Å²) in [5.74, 6) is 2.91. The summed E-state index contributed by atoms with van der Waals surface area (Å²) >= 11 is 0.